The van der Waals surface area contributed by atoms with Crippen LogP contribution in [0.3, 0.4) is 0 Å². The number of carbonyl (C=O) groups excluding carboxylic acids is 1. The summed E-state index contributed by atoms with van der Waals surface area (Å²) in [5.41, 5.74) is 3.46. The minimum atomic E-state index is 0.144. The average Bonchev–Trinajstić information content (AvgIpc) is 3.32. The fraction of sp³-hybridized carbons (Fsp3) is 0.565. The van der Waals surface area contributed by atoms with Crippen molar-refractivity contribution in [3.8, 4) is 0 Å². The van der Waals surface area contributed by atoms with Crippen molar-refractivity contribution in [1.29, 1.82) is 0 Å². The normalized spacial score (nSPS) is 19.2. The molecular weight excluding hydrogens is 380 g/mol. The molecule has 1 aliphatic heterocycles. The van der Waals surface area contributed by atoms with Crippen molar-refractivity contribution < 1.29 is 4.79 Å². The summed E-state index contributed by atoms with van der Waals surface area (Å²) in [7, 11) is 1.97. The van der Waals surface area contributed by atoms with Gasteiger partial charge in [0, 0.05) is 25.8 Å². The van der Waals surface area contributed by atoms with E-state index in [1.54, 1.807) is 0 Å². The van der Waals surface area contributed by atoms with Crippen LogP contribution < -0.4 is 0 Å². The monoisotopic (exact) mass is 410 g/mol. The van der Waals surface area contributed by atoms with Gasteiger partial charge in [0.05, 0.1) is 11.0 Å². The number of likely N-dealkylation sites (tertiary alicyclic amines) is 1. The van der Waals surface area contributed by atoms with E-state index in [-0.39, 0.29) is 5.91 Å². The zero-order valence-corrected chi connectivity index (χ0v) is 18.1. The zero-order valence-electron chi connectivity index (χ0n) is 17.3. The third kappa shape index (κ3) is 3.80. The Balaban J connectivity index is 1.40. The highest BCUT2D eigenvalue weighted by molar-refractivity contribution is 7.18. The zero-order chi connectivity index (χ0) is 19.8. The Labute approximate surface area is 176 Å². The number of hydrogen-bond donors (Lipinski definition) is 0. The Kier molecular flexibility index (Phi) is 5.31. The summed E-state index contributed by atoms with van der Waals surface area (Å²) in [6.07, 6.45) is 12.0. The molecule has 1 saturated carbocycles. The third-order valence-electron chi connectivity index (χ3n) is 6.68. The summed E-state index contributed by atoms with van der Waals surface area (Å²) in [5, 5.41) is 0. The van der Waals surface area contributed by atoms with E-state index >= 15 is 0 Å². The molecule has 29 heavy (non-hydrogen) atoms. The van der Waals surface area contributed by atoms with E-state index in [0.717, 1.165) is 40.3 Å². The second-order valence-electron chi connectivity index (χ2n) is 8.73. The number of piperidine rings is 1. The van der Waals surface area contributed by atoms with Crippen LogP contribution >= 0.6 is 11.3 Å². The molecule has 1 amide bonds. The minimum absolute atomic E-state index is 0.144. The molecule has 1 aromatic carbocycles. The van der Waals surface area contributed by atoms with Crippen molar-refractivity contribution in [3.05, 3.63) is 34.8 Å². The number of nitrogens with zero attached hydrogens (tertiary/aromatic N) is 4. The van der Waals surface area contributed by atoms with E-state index in [0.29, 0.717) is 6.04 Å². The quantitative estimate of drug-likeness (QED) is 0.612. The van der Waals surface area contributed by atoms with Crippen molar-refractivity contribution in [2.24, 2.45) is 0 Å². The van der Waals surface area contributed by atoms with Gasteiger partial charge < -0.3 is 4.90 Å². The molecule has 2 aromatic heterocycles. The first kappa shape index (κ1) is 19.1. The predicted molar refractivity (Wildman–Crippen MR) is 119 cm³/mol. The fourth-order valence-electron chi connectivity index (χ4n) is 4.94. The topological polar surface area (TPSA) is 40.9 Å². The maximum absolute atomic E-state index is 13.1. The van der Waals surface area contributed by atoms with E-state index < -0.39 is 0 Å². The number of benzene rings is 1. The number of imidazole rings is 1. The molecule has 6 heteroatoms. The van der Waals surface area contributed by atoms with Crippen molar-refractivity contribution in [2.75, 3.05) is 20.1 Å². The number of fused-ring (bicyclic) bond motifs is 3. The highest BCUT2D eigenvalue weighted by Gasteiger charge is 2.25. The molecule has 0 N–H and O–H groups in total. The number of carbonyl (C=O) groups is 1. The first-order chi connectivity index (χ1) is 14.2. The third-order valence-corrected chi connectivity index (χ3v) is 7.65. The molecule has 3 aromatic rings. The minimum Gasteiger partial charge on any atom is -0.338 e. The average molecular weight is 411 g/mol. The Hall–Kier alpha value is -1.92. The molecular formula is C23H30N4OS. The van der Waals surface area contributed by atoms with Crippen molar-refractivity contribution in [3.63, 3.8) is 0 Å². The predicted octanol–water partition coefficient (Wildman–Crippen LogP) is 4.94. The van der Waals surface area contributed by atoms with E-state index in [2.05, 4.69) is 27.5 Å². The highest BCUT2D eigenvalue weighted by atomic mass is 32.1. The molecule has 3 heterocycles. The standard InChI is InChI=1S/C23H30N4OS/c1-25(18-8-4-2-5-9-18)22(28)21-16-27-20-14-17(15-26-12-6-3-7-13-26)10-11-19(20)24-23(27)29-21/h10-11,14,16,18H,2-9,12-13,15H2,1H3. The summed E-state index contributed by atoms with van der Waals surface area (Å²) in [5.74, 6) is 0.144. The lowest BCUT2D eigenvalue weighted by molar-refractivity contribution is 0.0701. The molecule has 5 nitrogen and oxygen atoms in total. The molecule has 0 unspecified atom stereocenters. The van der Waals surface area contributed by atoms with Crippen LogP contribution in [0.5, 0.6) is 0 Å². The van der Waals surface area contributed by atoms with Gasteiger partial charge in [0.1, 0.15) is 4.88 Å². The summed E-state index contributed by atoms with van der Waals surface area (Å²) in [4.78, 5) is 24.1. The molecule has 2 aliphatic rings. The van der Waals surface area contributed by atoms with Crippen LogP contribution in [-0.2, 0) is 6.54 Å². The van der Waals surface area contributed by atoms with Crippen LogP contribution in [0.25, 0.3) is 16.0 Å². The molecule has 0 bridgehead atoms. The largest absolute Gasteiger partial charge is 0.338 e. The van der Waals surface area contributed by atoms with Crippen molar-refractivity contribution in [1.82, 2.24) is 19.2 Å². The lowest BCUT2D eigenvalue weighted by Gasteiger charge is -2.30. The molecule has 5 rings (SSSR count). The van der Waals surface area contributed by atoms with Crippen molar-refractivity contribution >= 4 is 33.2 Å². The fourth-order valence-corrected chi connectivity index (χ4v) is 5.92. The second kappa shape index (κ2) is 8.07. The van der Waals surface area contributed by atoms with E-state index in [1.165, 1.54) is 68.5 Å². The number of thiazole rings is 1. The molecule has 0 radical (unpaired) electrons. The number of amides is 1. The van der Waals surface area contributed by atoms with Gasteiger partial charge in [-0.3, -0.25) is 14.1 Å². The Morgan fingerprint density at radius 3 is 2.69 bits per heavy atom. The summed E-state index contributed by atoms with van der Waals surface area (Å²) < 4.78 is 2.11. The summed E-state index contributed by atoms with van der Waals surface area (Å²) in [6, 6.07) is 6.98. The number of aromatic nitrogens is 2. The lowest BCUT2D eigenvalue weighted by Crippen LogP contribution is -2.37. The van der Waals surface area contributed by atoms with Crippen LogP contribution in [0.15, 0.2) is 24.4 Å². The molecule has 0 atom stereocenters. The van der Waals surface area contributed by atoms with Crippen LogP contribution in [0.1, 0.15) is 66.6 Å². The first-order valence-electron chi connectivity index (χ1n) is 11.1. The summed E-state index contributed by atoms with van der Waals surface area (Å²) in [6.45, 7) is 3.40. The Morgan fingerprint density at radius 1 is 1.14 bits per heavy atom. The Bertz CT molecular complexity index is 1010. The lowest BCUT2D eigenvalue weighted by atomic mass is 9.94. The Morgan fingerprint density at radius 2 is 1.90 bits per heavy atom. The van der Waals surface area contributed by atoms with Gasteiger partial charge >= 0.3 is 0 Å². The van der Waals surface area contributed by atoms with Crippen LogP contribution in [0, 0.1) is 0 Å². The highest BCUT2D eigenvalue weighted by Crippen LogP contribution is 2.28. The van der Waals surface area contributed by atoms with Crippen LogP contribution in [0.2, 0.25) is 0 Å². The van der Waals surface area contributed by atoms with Crippen molar-refractivity contribution in [2.45, 2.75) is 64.0 Å². The summed E-state index contributed by atoms with van der Waals surface area (Å²) >= 11 is 1.52. The van der Waals surface area contributed by atoms with Crippen LogP contribution in [-0.4, -0.2) is 51.3 Å². The number of hydrogen-bond acceptors (Lipinski definition) is 4. The van der Waals surface area contributed by atoms with Gasteiger partial charge in [0.2, 0.25) is 0 Å². The van der Waals surface area contributed by atoms with E-state index in [4.69, 9.17) is 4.98 Å². The first-order valence-corrected chi connectivity index (χ1v) is 11.9. The van der Waals surface area contributed by atoms with Crippen LogP contribution in [0.4, 0.5) is 0 Å². The molecule has 1 saturated heterocycles. The maximum Gasteiger partial charge on any atom is 0.265 e. The van der Waals surface area contributed by atoms with Gasteiger partial charge in [-0.05, 0) is 56.5 Å². The SMILES string of the molecule is CN(C(=O)c1cn2c(nc3ccc(CN4CCCCC4)cc32)s1)C1CCCCC1. The van der Waals surface area contributed by atoms with Gasteiger partial charge in [0.25, 0.3) is 5.91 Å². The smallest absolute Gasteiger partial charge is 0.265 e. The second-order valence-corrected chi connectivity index (χ2v) is 9.74. The van der Waals surface area contributed by atoms with Gasteiger partial charge in [-0.15, -0.1) is 0 Å². The molecule has 0 spiro atoms. The maximum atomic E-state index is 13.1. The molecule has 154 valence electrons. The molecule has 1 aliphatic carbocycles. The van der Waals surface area contributed by atoms with E-state index in [9.17, 15) is 4.79 Å². The van der Waals surface area contributed by atoms with Gasteiger partial charge in [-0.2, -0.15) is 0 Å². The van der Waals surface area contributed by atoms with Gasteiger partial charge in [-0.1, -0.05) is 43.1 Å². The van der Waals surface area contributed by atoms with E-state index in [1.807, 2.05) is 18.1 Å². The number of rotatable bonds is 4. The van der Waals surface area contributed by atoms with Gasteiger partial charge in [-0.25, -0.2) is 4.98 Å². The van der Waals surface area contributed by atoms with Gasteiger partial charge in [0.15, 0.2) is 4.96 Å². The molecule has 2 fully saturated rings.